The molecular formula is C23H32N4O3. The molecule has 1 fully saturated rings. The lowest BCUT2D eigenvalue weighted by atomic mass is 10.1. The van der Waals surface area contributed by atoms with Crippen molar-refractivity contribution in [2.24, 2.45) is 10.9 Å². The molecule has 0 bridgehead atoms. The van der Waals surface area contributed by atoms with Gasteiger partial charge in [-0.2, -0.15) is 0 Å². The summed E-state index contributed by atoms with van der Waals surface area (Å²) >= 11 is 0. The van der Waals surface area contributed by atoms with Gasteiger partial charge in [0.05, 0.1) is 13.2 Å². The van der Waals surface area contributed by atoms with Crippen LogP contribution in [-0.2, 0) is 17.8 Å². The molecule has 1 aliphatic rings. The third-order valence-electron chi connectivity index (χ3n) is 4.86. The van der Waals surface area contributed by atoms with E-state index >= 15 is 0 Å². The standard InChI is InChI=1S/C23H32N4O3/c1-17-4-8-20(21(12-17)29-11-10-28-3)15-27-23(24-2)26-14-19-7-9-22(25-13-19)30-16-18-5-6-18/h4,7-9,12-13,18H,5-6,10-11,14-16H2,1-3H3,(H2,24,26,27). The van der Waals surface area contributed by atoms with Crippen molar-refractivity contribution in [3.63, 3.8) is 0 Å². The average Bonchev–Trinajstić information content (AvgIpc) is 3.59. The number of methoxy groups -OCH3 is 1. The van der Waals surface area contributed by atoms with Gasteiger partial charge < -0.3 is 24.8 Å². The van der Waals surface area contributed by atoms with Gasteiger partial charge in [0.1, 0.15) is 12.4 Å². The Hall–Kier alpha value is -2.80. The molecule has 7 nitrogen and oxygen atoms in total. The Morgan fingerprint density at radius 1 is 1.10 bits per heavy atom. The fourth-order valence-corrected chi connectivity index (χ4v) is 2.85. The van der Waals surface area contributed by atoms with Gasteiger partial charge in [0.15, 0.2) is 5.96 Å². The van der Waals surface area contributed by atoms with Crippen LogP contribution in [0.15, 0.2) is 41.5 Å². The smallest absolute Gasteiger partial charge is 0.213 e. The lowest BCUT2D eigenvalue weighted by Crippen LogP contribution is -2.36. The number of pyridine rings is 1. The van der Waals surface area contributed by atoms with E-state index in [0.29, 0.717) is 38.1 Å². The minimum atomic E-state index is 0.521. The van der Waals surface area contributed by atoms with E-state index in [1.54, 1.807) is 14.2 Å². The number of nitrogens with zero attached hydrogens (tertiary/aromatic N) is 2. The third-order valence-corrected chi connectivity index (χ3v) is 4.86. The van der Waals surface area contributed by atoms with E-state index in [9.17, 15) is 0 Å². The van der Waals surface area contributed by atoms with Crippen molar-refractivity contribution in [2.75, 3.05) is 34.0 Å². The van der Waals surface area contributed by atoms with Crippen LogP contribution in [0.4, 0.5) is 0 Å². The molecule has 1 aromatic heterocycles. The lowest BCUT2D eigenvalue weighted by Gasteiger charge is -2.15. The highest BCUT2D eigenvalue weighted by Gasteiger charge is 2.22. The highest BCUT2D eigenvalue weighted by molar-refractivity contribution is 5.79. The summed E-state index contributed by atoms with van der Waals surface area (Å²) < 4.78 is 16.6. The van der Waals surface area contributed by atoms with Crippen LogP contribution in [0.25, 0.3) is 0 Å². The maximum Gasteiger partial charge on any atom is 0.213 e. The van der Waals surface area contributed by atoms with Crippen molar-refractivity contribution >= 4 is 5.96 Å². The first-order chi connectivity index (χ1) is 14.7. The molecule has 30 heavy (non-hydrogen) atoms. The van der Waals surface area contributed by atoms with Gasteiger partial charge in [-0.25, -0.2) is 4.98 Å². The highest BCUT2D eigenvalue weighted by atomic mass is 16.5. The van der Waals surface area contributed by atoms with Crippen LogP contribution in [0.5, 0.6) is 11.6 Å². The van der Waals surface area contributed by atoms with Crippen molar-refractivity contribution in [1.82, 2.24) is 15.6 Å². The number of guanidine groups is 1. The highest BCUT2D eigenvalue weighted by Crippen LogP contribution is 2.29. The van der Waals surface area contributed by atoms with Crippen LogP contribution in [0.2, 0.25) is 0 Å². The molecule has 3 rings (SSSR count). The van der Waals surface area contributed by atoms with Crippen LogP contribution >= 0.6 is 0 Å². The normalized spacial score (nSPS) is 13.8. The Labute approximate surface area is 178 Å². The van der Waals surface area contributed by atoms with Crippen LogP contribution < -0.4 is 20.1 Å². The largest absolute Gasteiger partial charge is 0.491 e. The molecule has 2 N–H and O–H groups in total. The van der Waals surface area contributed by atoms with E-state index < -0.39 is 0 Å². The molecule has 0 aliphatic heterocycles. The first kappa shape index (κ1) is 21.9. The van der Waals surface area contributed by atoms with Gasteiger partial charge in [-0.15, -0.1) is 0 Å². The monoisotopic (exact) mass is 412 g/mol. The SMILES string of the molecule is CN=C(NCc1ccc(OCC2CC2)nc1)NCc1ccc(C)cc1OCCOC. The molecule has 1 saturated carbocycles. The second-order valence-electron chi connectivity index (χ2n) is 7.49. The molecular weight excluding hydrogens is 380 g/mol. The summed E-state index contributed by atoms with van der Waals surface area (Å²) in [6.07, 6.45) is 4.39. The van der Waals surface area contributed by atoms with Crippen molar-refractivity contribution < 1.29 is 14.2 Å². The van der Waals surface area contributed by atoms with E-state index in [1.165, 1.54) is 12.8 Å². The molecule has 0 atom stereocenters. The first-order valence-corrected chi connectivity index (χ1v) is 10.4. The Balaban J connectivity index is 1.47. The van der Waals surface area contributed by atoms with E-state index in [2.05, 4.69) is 39.7 Å². The Morgan fingerprint density at radius 3 is 2.63 bits per heavy atom. The van der Waals surface area contributed by atoms with E-state index in [4.69, 9.17) is 14.2 Å². The predicted molar refractivity (Wildman–Crippen MR) is 118 cm³/mol. The zero-order valence-corrected chi connectivity index (χ0v) is 18.1. The number of ether oxygens (including phenoxy) is 3. The summed E-state index contributed by atoms with van der Waals surface area (Å²) in [4.78, 5) is 8.68. The van der Waals surface area contributed by atoms with Crippen molar-refractivity contribution in [2.45, 2.75) is 32.9 Å². The van der Waals surface area contributed by atoms with Crippen molar-refractivity contribution in [3.8, 4) is 11.6 Å². The van der Waals surface area contributed by atoms with Gasteiger partial charge >= 0.3 is 0 Å². The Kier molecular flexibility index (Phi) is 8.32. The summed E-state index contributed by atoms with van der Waals surface area (Å²) in [7, 11) is 3.43. The first-order valence-electron chi connectivity index (χ1n) is 10.4. The fraction of sp³-hybridized carbons (Fsp3) is 0.478. The Bertz CT molecular complexity index is 820. The van der Waals surface area contributed by atoms with E-state index in [1.807, 2.05) is 24.4 Å². The topological polar surface area (TPSA) is 77.0 Å². The predicted octanol–water partition coefficient (Wildman–Crippen LogP) is 3.07. The van der Waals surface area contributed by atoms with Gasteiger partial charge in [-0.3, -0.25) is 4.99 Å². The lowest BCUT2D eigenvalue weighted by molar-refractivity contribution is 0.145. The van der Waals surface area contributed by atoms with E-state index in [-0.39, 0.29) is 0 Å². The Morgan fingerprint density at radius 2 is 1.93 bits per heavy atom. The second-order valence-corrected chi connectivity index (χ2v) is 7.49. The number of hydrogen-bond donors (Lipinski definition) is 2. The van der Waals surface area contributed by atoms with Crippen LogP contribution in [-0.4, -0.2) is 44.9 Å². The molecule has 0 spiro atoms. The molecule has 7 heteroatoms. The van der Waals surface area contributed by atoms with Gasteiger partial charge in [-0.05, 0) is 42.9 Å². The second kappa shape index (κ2) is 11.4. The number of rotatable bonds is 11. The van der Waals surface area contributed by atoms with Gasteiger partial charge in [0, 0.05) is 45.1 Å². The molecule has 0 amide bonds. The van der Waals surface area contributed by atoms with Crippen molar-refractivity contribution in [3.05, 3.63) is 53.2 Å². The number of aromatic nitrogens is 1. The molecule has 2 aromatic rings. The minimum absolute atomic E-state index is 0.521. The summed E-state index contributed by atoms with van der Waals surface area (Å²) in [5, 5.41) is 6.66. The minimum Gasteiger partial charge on any atom is -0.491 e. The average molecular weight is 413 g/mol. The molecule has 0 radical (unpaired) electrons. The fourth-order valence-electron chi connectivity index (χ4n) is 2.85. The number of hydrogen-bond acceptors (Lipinski definition) is 5. The maximum absolute atomic E-state index is 5.86. The van der Waals surface area contributed by atoms with Crippen molar-refractivity contribution in [1.29, 1.82) is 0 Å². The molecule has 1 heterocycles. The summed E-state index contributed by atoms with van der Waals surface area (Å²) in [6, 6.07) is 10.1. The molecule has 162 valence electrons. The summed E-state index contributed by atoms with van der Waals surface area (Å²) in [5.74, 6) is 2.99. The maximum atomic E-state index is 5.86. The quantitative estimate of drug-likeness (QED) is 0.336. The number of aryl methyl sites for hydroxylation is 1. The molecule has 0 saturated heterocycles. The number of aliphatic imine (C=N–C) groups is 1. The zero-order valence-electron chi connectivity index (χ0n) is 18.1. The van der Waals surface area contributed by atoms with Crippen LogP contribution in [0, 0.1) is 12.8 Å². The van der Waals surface area contributed by atoms with Gasteiger partial charge in [-0.1, -0.05) is 18.2 Å². The number of benzene rings is 1. The molecule has 1 aliphatic carbocycles. The van der Waals surface area contributed by atoms with Crippen LogP contribution in [0.1, 0.15) is 29.5 Å². The van der Waals surface area contributed by atoms with Gasteiger partial charge in [0.25, 0.3) is 0 Å². The van der Waals surface area contributed by atoms with E-state index in [0.717, 1.165) is 35.0 Å². The number of nitrogens with one attached hydrogen (secondary N) is 2. The molecule has 0 unspecified atom stereocenters. The summed E-state index contributed by atoms with van der Waals surface area (Å²) in [6.45, 7) is 5.14. The van der Waals surface area contributed by atoms with Crippen LogP contribution in [0.3, 0.4) is 0 Å². The third kappa shape index (κ3) is 7.22. The zero-order chi connectivity index (χ0) is 21.2. The summed E-state index contributed by atoms with van der Waals surface area (Å²) in [5.41, 5.74) is 3.29. The molecule has 1 aromatic carbocycles. The van der Waals surface area contributed by atoms with Gasteiger partial charge in [0.2, 0.25) is 5.88 Å².